The average Bonchev–Trinajstić information content (AvgIpc) is 2.52. The van der Waals surface area contributed by atoms with Crippen molar-refractivity contribution < 1.29 is 4.74 Å². The van der Waals surface area contributed by atoms with Crippen LogP contribution in [0.4, 0.5) is 0 Å². The topological polar surface area (TPSA) is 48.9 Å². The minimum atomic E-state index is 0. The molecule has 0 aromatic rings. The van der Waals surface area contributed by atoms with Gasteiger partial charge in [-0.15, -0.1) is 24.0 Å². The number of ether oxygens (including phenoxy) is 1. The van der Waals surface area contributed by atoms with Crippen molar-refractivity contribution >= 4 is 29.9 Å². The molecule has 5 nitrogen and oxygen atoms in total. The number of aliphatic imine (C=N–C) groups is 1. The molecule has 1 unspecified atom stereocenters. The fourth-order valence-electron chi connectivity index (χ4n) is 2.78. The summed E-state index contributed by atoms with van der Waals surface area (Å²) in [5.74, 6) is 0.908. The largest absolute Gasteiger partial charge is 0.379 e. The van der Waals surface area contributed by atoms with Gasteiger partial charge in [0.05, 0.1) is 13.2 Å². The van der Waals surface area contributed by atoms with Crippen LogP contribution in [0.5, 0.6) is 0 Å². The molecule has 1 atom stereocenters. The molecule has 0 radical (unpaired) electrons. The number of hydrogen-bond donors (Lipinski definition) is 2. The summed E-state index contributed by atoms with van der Waals surface area (Å²) < 4.78 is 5.44. The van der Waals surface area contributed by atoms with Gasteiger partial charge in [-0.1, -0.05) is 26.2 Å². The SMILES string of the molecule is CCCCCC(C)NC(=NC)NCC(C)(C)N1CCOCC1.I. The van der Waals surface area contributed by atoms with Crippen molar-refractivity contribution in [1.29, 1.82) is 0 Å². The van der Waals surface area contributed by atoms with Gasteiger partial charge in [-0.3, -0.25) is 9.89 Å². The van der Waals surface area contributed by atoms with Crippen molar-refractivity contribution in [2.24, 2.45) is 4.99 Å². The molecule has 2 N–H and O–H groups in total. The van der Waals surface area contributed by atoms with E-state index in [1.165, 1.54) is 25.7 Å². The Balaban J connectivity index is 0.00000484. The molecule has 1 heterocycles. The molecule has 0 bridgehead atoms. The lowest BCUT2D eigenvalue weighted by molar-refractivity contribution is -0.00834. The van der Waals surface area contributed by atoms with Gasteiger partial charge in [0, 0.05) is 38.3 Å². The Morgan fingerprint density at radius 2 is 1.91 bits per heavy atom. The second kappa shape index (κ2) is 12.3. The molecule has 0 aromatic heterocycles. The van der Waals surface area contributed by atoms with Gasteiger partial charge in [-0.05, 0) is 27.2 Å². The monoisotopic (exact) mass is 440 g/mol. The highest BCUT2D eigenvalue weighted by molar-refractivity contribution is 14.0. The van der Waals surface area contributed by atoms with E-state index in [1.54, 1.807) is 0 Å². The van der Waals surface area contributed by atoms with Crippen LogP contribution in [-0.2, 0) is 4.74 Å². The molecule has 6 heteroatoms. The molecular weight excluding hydrogens is 403 g/mol. The second-order valence-corrected chi connectivity index (χ2v) is 6.88. The minimum Gasteiger partial charge on any atom is -0.379 e. The fourth-order valence-corrected chi connectivity index (χ4v) is 2.78. The molecule has 0 saturated carbocycles. The van der Waals surface area contributed by atoms with Gasteiger partial charge in [0.15, 0.2) is 5.96 Å². The Hall–Kier alpha value is -0.0800. The van der Waals surface area contributed by atoms with Crippen molar-refractivity contribution in [3.63, 3.8) is 0 Å². The molecule has 0 spiro atoms. The quantitative estimate of drug-likeness (QED) is 0.264. The van der Waals surface area contributed by atoms with Crippen LogP contribution in [0, 0.1) is 0 Å². The fraction of sp³-hybridized carbons (Fsp3) is 0.941. The zero-order chi connectivity index (χ0) is 16.4. The Kier molecular flexibility index (Phi) is 12.3. The Morgan fingerprint density at radius 1 is 1.26 bits per heavy atom. The summed E-state index contributed by atoms with van der Waals surface area (Å²) in [6.45, 7) is 13.6. The van der Waals surface area contributed by atoms with E-state index >= 15 is 0 Å². The molecule has 1 fully saturated rings. The third-order valence-corrected chi connectivity index (χ3v) is 4.40. The van der Waals surface area contributed by atoms with Crippen LogP contribution >= 0.6 is 24.0 Å². The number of hydrogen-bond acceptors (Lipinski definition) is 3. The molecule has 0 aliphatic carbocycles. The predicted molar refractivity (Wildman–Crippen MR) is 110 cm³/mol. The highest BCUT2D eigenvalue weighted by Gasteiger charge is 2.28. The number of halogens is 1. The van der Waals surface area contributed by atoms with Crippen LogP contribution in [0.15, 0.2) is 4.99 Å². The van der Waals surface area contributed by atoms with E-state index in [-0.39, 0.29) is 29.5 Å². The molecule has 0 aromatic carbocycles. The number of nitrogens with zero attached hydrogens (tertiary/aromatic N) is 2. The highest BCUT2D eigenvalue weighted by Crippen LogP contribution is 2.15. The lowest BCUT2D eigenvalue weighted by atomic mass is 10.0. The number of unbranched alkanes of at least 4 members (excludes halogenated alkanes) is 2. The van der Waals surface area contributed by atoms with E-state index in [0.29, 0.717) is 6.04 Å². The first kappa shape index (κ1) is 22.9. The van der Waals surface area contributed by atoms with Crippen LogP contribution in [0.25, 0.3) is 0 Å². The normalized spacial score (nSPS) is 18.2. The maximum absolute atomic E-state index is 5.44. The van der Waals surface area contributed by atoms with Crippen LogP contribution in [0.1, 0.15) is 53.4 Å². The summed E-state index contributed by atoms with van der Waals surface area (Å²) >= 11 is 0. The number of guanidine groups is 1. The summed E-state index contributed by atoms with van der Waals surface area (Å²) in [4.78, 5) is 6.84. The van der Waals surface area contributed by atoms with Gasteiger partial charge in [-0.25, -0.2) is 0 Å². The maximum Gasteiger partial charge on any atom is 0.191 e. The summed E-state index contributed by atoms with van der Waals surface area (Å²) in [7, 11) is 1.84. The first-order chi connectivity index (χ1) is 10.5. The van der Waals surface area contributed by atoms with Crippen LogP contribution in [0.3, 0.4) is 0 Å². The van der Waals surface area contributed by atoms with Gasteiger partial charge in [0.25, 0.3) is 0 Å². The third kappa shape index (κ3) is 9.10. The summed E-state index contributed by atoms with van der Waals surface area (Å²) in [6.07, 6.45) is 5.05. The van der Waals surface area contributed by atoms with Crippen molar-refractivity contribution in [1.82, 2.24) is 15.5 Å². The molecule has 23 heavy (non-hydrogen) atoms. The van der Waals surface area contributed by atoms with Crippen molar-refractivity contribution in [3.8, 4) is 0 Å². The van der Waals surface area contributed by atoms with Crippen molar-refractivity contribution in [2.75, 3.05) is 39.9 Å². The van der Waals surface area contributed by atoms with Gasteiger partial charge in [-0.2, -0.15) is 0 Å². The molecule has 1 aliphatic rings. The summed E-state index contributed by atoms with van der Waals surface area (Å²) in [6, 6.07) is 0.462. The van der Waals surface area contributed by atoms with Gasteiger partial charge >= 0.3 is 0 Å². The summed E-state index contributed by atoms with van der Waals surface area (Å²) in [5, 5.41) is 6.98. The first-order valence-electron chi connectivity index (χ1n) is 8.79. The molecule has 0 amide bonds. The Labute approximate surface area is 160 Å². The third-order valence-electron chi connectivity index (χ3n) is 4.40. The smallest absolute Gasteiger partial charge is 0.191 e. The standard InChI is InChI=1S/C17H36N4O.HI/c1-6-7-8-9-15(2)20-16(18-5)19-14-17(3,4)21-10-12-22-13-11-21;/h15H,6-14H2,1-5H3,(H2,18,19,20);1H. The van der Waals surface area contributed by atoms with Gasteiger partial charge in [0.1, 0.15) is 0 Å². The van der Waals surface area contributed by atoms with Crippen LogP contribution < -0.4 is 10.6 Å². The highest BCUT2D eigenvalue weighted by atomic mass is 127. The lowest BCUT2D eigenvalue weighted by Crippen LogP contribution is -2.57. The molecule has 1 aliphatic heterocycles. The molecule has 1 saturated heterocycles. The summed E-state index contributed by atoms with van der Waals surface area (Å²) in [5.41, 5.74) is 0.104. The van der Waals surface area contributed by atoms with Gasteiger partial charge in [0.2, 0.25) is 0 Å². The zero-order valence-electron chi connectivity index (χ0n) is 15.7. The number of nitrogens with one attached hydrogen (secondary N) is 2. The lowest BCUT2D eigenvalue weighted by Gasteiger charge is -2.41. The van der Waals surface area contributed by atoms with Crippen molar-refractivity contribution in [3.05, 3.63) is 0 Å². The zero-order valence-corrected chi connectivity index (χ0v) is 18.0. The molecular formula is C17H37IN4O. The Bertz CT molecular complexity index is 331. The van der Waals surface area contributed by atoms with E-state index in [9.17, 15) is 0 Å². The number of morpholine rings is 1. The maximum atomic E-state index is 5.44. The van der Waals surface area contributed by atoms with E-state index in [1.807, 2.05) is 7.05 Å². The number of rotatable bonds is 8. The minimum absolute atomic E-state index is 0. The van der Waals surface area contributed by atoms with E-state index < -0.39 is 0 Å². The van der Waals surface area contributed by atoms with E-state index in [0.717, 1.165) is 38.8 Å². The van der Waals surface area contributed by atoms with E-state index in [2.05, 4.69) is 48.2 Å². The van der Waals surface area contributed by atoms with Crippen LogP contribution in [-0.4, -0.2) is 62.3 Å². The predicted octanol–water partition coefficient (Wildman–Crippen LogP) is 2.85. The Morgan fingerprint density at radius 3 is 2.48 bits per heavy atom. The van der Waals surface area contributed by atoms with Gasteiger partial charge < -0.3 is 15.4 Å². The molecule has 138 valence electrons. The van der Waals surface area contributed by atoms with Crippen LogP contribution in [0.2, 0.25) is 0 Å². The molecule has 1 rings (SSSR count). The van der Waals surface area contributed by atoms with Crippen molar-refractivity contribution in [2.45, 2.75) is 65.0 Å². The average molecular weight is 440 g/mol. The second-order valence-electron chi connectivity index (χ2n) is 6.88. The first-order valence-corrected chi connectivity index (χ1v) is 8.79. The van der Waals surface area contributed by atoms with E-state index in [4.69, 9.17) is 4.74 Å².